The molecule has 2 rings (SSSR count). The van der Waals surface area contributed by atoms with E-state index in [1.54, 1.807) is 18.9 Å². The first-order valence-corrected chi connectivity index (χ1v) is 15.0. The molecule has 0 saturated heterocycles. The second kappa shape index (κ2) is 11.6. The maximum Gasteiger partial charge on any atom is 0.258 e. The van der Waals surface area contributed by atoms with Crippen molar-refractivity contribution in [3.8, 4) is 11.5 Å². The molecule has 0 bridgehead atoms. The van der Waals surface area contributed by atoms with Gasteiger partial charge < -0.3 is 13.9 Å². The highest BCUT2D eigenvalue weighted by Gasteiger charge is 2.47. The Hall–Kier alpha value is -1.43. The fourth-order valence-electron chi connectivity index (χ4n) is 5.12. The summed E-state index contributed by atoms with van der Waals surface area (Å²) in [6.07, 6.45) is 2.98. The Bertz CT molecular complexity index is 848. The van der Waals surface area contributed by atoms with E-state index < -0.39 is 8.32 Å². The van der Waals surface area contributed by atoms with Crippen LogP contribution in [0.3, 0.4) is 0 Å². The third kappa shape index (κ3) is 5.92. The smallest absolute Gasteiger partial charge is 0.258 e. The Morgan fingerprint density at radius 2 is 1.44 bits per heavy atom. The fourth-order valence-corrected chi connectivity index (χ4v) is 10.9. The van der Waals surface area contributed by atoms with Crippen LogP contribution in [0.4, 0.5) is 0 Å². The van der Waals surface area contributed by atoms with Crippen molar-refractivity contribution in [3.05, 3.63) is 52.6 Å². The average molecular weight is 475 g/mol. The van der Waals surface area contributed by atoms with Gasteiger partial charge >= 0.3 is 0 Å². The molecule has 0 aliphatic rings. The summed E-state index contributed by atoms with van der Waals surface area (Å²) in [6.45, 7) is 18.7. The Morgan fingerprint density at radius 3 is 1.91 bits per heavy atom. The van der Waals surface area contributed by atoms with Crippen LogP contribution in [0.1, 0.15) is 63.8 Å². The average Bonchev–Trinajstić information content (AvgIpc) is 2.72. The molecule has 5 heteroatoms. The number of thioether (sulfide) groups is 1. The van der Waals surface area contributed by atoms with E-state index in [4.69, 9.17) is 13.9 Å². The molecule has 32 heavy (non-hydrogen) atoms. The Morgan fingerprint density at radius 1 is 0.875 bits per heavy atom. The van der Waals surface area contributed by atoms with Crippen molar-refractivity contribution in [2.45, 2.75) is 83.3 Å². The van der Waals surface area contributed by atoms with E-state index in [9.17, 15) is 0 Å². The SMILES string of the molecule is COCOc1ccc(Cc2c(C)cc(O[Si](C(C)C)(C(C)C)C(C)C)cc2C)cc1SC. The van der Waals surface area contributed by atoms with Crippen LogP contribution < -0.4 is 9.16 Å². The Kier molecular flexibility index (Phi) is 9.74. The van der Waals surface area contributed by atoms with Gasteiger partial charge in [-0.2, -0.15) is 0 Å². The number of aryl methyl sites for hydroxylation is 2. The summed E-state index contributed by atoms with van der Waals surface area (Å²) in [4.78, 5) is 1.14. The molecule has 0 radical (unpaired) electrons. The highest BCUT2D eigenvalue weighted by atomic mass is 32.2. The standard InChI is InChI=1S/C27H42O3SSi/c1-18(2)32(19(3)4,20(5)6)30-24-13-21(7)25(22(8)14-24)15-23-11-12-26(29-17-28-9)27(16-23)31-10/h11-14,16,18-20H,15,17H2,1-10H3. The van der Waals surface area contributed by atoms with Crippen molar-refractivity contribution >= 4 is 20.1 Å². The third-order valence-corrected chi connectivity index (χ3v) is 13.4. The lowest BCUT2D eigenvalue weighted by Gasteiger charge is -2.42. The van der Waals surface area contributed by atoms with Crippen LogP contribution >= 0.6 is 11.8 Å². The molecule has 0 saturated carbocycles. The topological polar surface area (TPSA) is 27.7 Å². The van der Waals surface area contributed by atoms with Gasteiger partial charge in [-0.15, -0.1) is 11.8 Å². The second-order valence-corrected chi connectivity index (χ2v) is 15.9. The molecule has 3 nitrogen and oxygen atoms in total. The molecule has 0 amide bonds. The van der Waals surface area contributed by atoms with Crippen molar-refractivity contribution in [2.24, 2.45) is 0 Å². The van der Waals surface area contributed by atoms with E-state index in [0.29, 0.717) is 16.6 Å². The van der Waals surface area contributed by atoms with Gasteiger partial charge in [-0.05, 0) is 89.7 Å². The van der Waals surface area contributed by atoms with E-state index in [-0.39, 0.29) is 6.79 Å². The zero-order valence-corrected chi connectivity index (χ0v) is 23.5. The molecule has 178 valence electrons. The van der Waals surface area contributed by atoms with Gasteiger partial charge in [0, 0.05) is 12.0 Å². The maximum absolute atomic E-state index is 6.95. The molecule has 0 aliphatic heterocycles. The monoisotopic (exact) mass is 474 g/mol. The van der Waals surface area contributed by atoms with Gasteiger partial charge in [0.2, 0.25) is 0 Å². The van der Waals surface area contributed by atoms with Gasteiger partial charge in [-0.3, -0.25) is 0 Å². The summed E-state index contributed by atoms with van der Waals surface area (Å²) in [5.41, 5.74) is 6.94. The number of benzene rings is 2. The van der Waals surface area contributed by atoms with E-state index in [1.807, 2.05) is 0 Å². The second-order valence-electron chi connectivity index (χ2n) is 9.67. The van der Waals surface area contributed by atoms with Crippen LogP contribution in [0.5, 0.6) is 11.5 Å². The van der Waals surface area contributed by atoms with Crippen molar-refractivity contribution in [1.82, 2.24) is 0 Å². The quantitative estimate of drug-likeness (QED) is 0.186. The van der Waals surface area contributed by atoms with Crippen molar-refractivity contribution < 1.29 is 13.9 Å². The fraction of sp³-hybridized carbons (Fsp3) is 0.556. The van der Waals surface area contributed by atoms with Crippen molar-refractivity contribution in [2.75, 3.05) is 20.2 Å². The van der Waals surface area contributed by atoms with Gasteiger partial charge in [0.25, 0.3) is 8.32 Å². The van der Waals surface area contributed by atoms with Crippen molar-refractivity contribution in [1.29, 1.82) is 0 Å². The minimum absolute atomic E-state index is 0.264. The lowest BCUT2D eigenvalue weighted by molar-refractivity contribution is 0.0491. The molecule has 0 spiro atoms. The molecule has 0 aromatic heterocycles. The minimum Gasteiger partial charge on any atom is -0.543 e. The first-order valence-electron chi connectivity index (χ1n) is 11.6. The maximum atomic E-state index is 6.95. The van der Waals surface area contributed by atoms with Crippen LogP contribution in [0.2, 0.25) is 16.6 Å². The minimum atomic E-state index is -1.96. The lowest BCUT2D eigenvalue weighted by Crippen LogP contribution is -2.50. The zero-order chi connectivity index (χ0) is 24.1. The van der Waals surface area contributed by atoms with E-state index in [2.05, 4.69) is 92.0 Å². The molecule has 0 aliphatic carbocycles. The van der Waals surface area contributed by atoms with Gasteiger partial charge in [0.05, 0.1) is 0 Å². The summed E-state index contributed by atoms with van der Waals surface area (Å²) < 4.78 is 17.7. The number of hydrogen-bond donors (Lipinski definition) is 0. The zero-order valence-electron chi connectivity index (χ0n) is 21.7. The highest BCUT2D eigenvalue weighted by Crippen LogP contribution is 2.43. The van der Waals surface area contributed by atoms with Gasteiger partial charge in [-0.1, -0.05) is 47.6 Å². The predicted molar refractivity (Wildman–Crippen MR) is 141 cm³/mol. The lowest BCUT2D eigenvalue weighted by atomic mass is 9.96. The molecule has 0 fully saturated rings. The highest BCUT2D eigenvalue weighted by molar-refractivity contribution is 7.98. The Labute approximate surface area is 201 Å². The number of hydrogen-bond acceptors (Lipinski definition) is 4. The number of methoxy groups -OCH3 is 1. The largest absolute Gasteiger partial charge is 0.543 e. The first kappa shape index (κ1) is 26.8. The molecule has 2 aromatic carbocycles. The van der Waals surface area contributed by atoms with E-state index >= 15 is 0 Å². The number of ether oxygens (including phenoxy) is 2. The van der Waals surface area contributed by atoms with Crippen LogP contribution in [-0.2, 0) is 11.2 Å². The van der Waals surface area contributed by atoms with Crippen molar-refractivity contribution in [3.63, 3.8) is 0 Å². The van der Waals surface area contributed by atoms with Crippen LogP contribution in [0.25, 0.3) is 0 Å². The number of rotatable bonds is 11. The molecule has 0 unspecified atom stereocenters. The van der Waals surface area contributed by atoms with Gasteiger partial charge in [-0.25, -0.2) is 0 Å². The van der Waals surface area contributed by atoms with Crippen LogP contribution in [-0.4, -0.2) is 28.5 Å². The molecule has 0 atom stereocenters. The summed E-state index contributed by atoms with van der Waals surface area (Å²) in [6, 6.07) is 10.9. The van der Waals surface area contributed by atoms with Gasteiger partial charge in [0.1, 0.15) is 11.5 Å². The molecule has 2 aromatic rings. The molecular weight excluding hydrogens is 432 g/mol. The van der Waals surface area contributed by atoms with Gasteiger partial charge in [0.15, 0.2) is 6.79 Å². The Balaban J connectivity index is 2.34. The third-order valence-electron chi connectivity index (χ3n) is 6.61. The summed E-state index contributed by atoms with van der Waals surface area (Å²) in [7, 11) is -0.322. The summed E-state index contributed by atoms with van der Waals surface area (Å²) in [5.74, 6) is 1.91. The van der Waals surface area contributed by atoms with E-state index in [1.165, 1.54) is 22.3 Å². The first-order chi connectivity index (χ1) is 15.1. The van der Waals surface area contributed by atoms with Crippen LogP contribution in [0.15, 0.2) is 35.2 Å². The summed E-state index contributed by atoms with van der Waals surface area (Å²) in [5, 5.41) is 0. The van der Waals surface area contributed by atoms with Crippen LogP contribution in [0, 0.1) is 13.8 Å². The summed E-state index contributed by atoms with van der Waals surface area (Å²) >= 11 is 1.70. The van der Waals surface area contributed by atoms with E-state index in [0.717, 1.165) is 22.8 Å². The molecular formula is C27H42O3SSi. The predicted octanol–water partition coefficient (Wildman–Crippen LogP) is 8.15. The molecule has 0 N–H and O–H groups in total. The molecule has 0 heterocycles. The normalized spacial score (nSPS) is 12.2.